The molecule has 1 aromatic heterocycles. The predicted molar refractivity (Wildman–Crippen MR) is 76.6 cm³/mol. The van der Waals surface area contributed by atoms with Crippen molar-refractivity contribution in [1.82, 2.24) is 4.57 Å². The van der Waals surface area contributed by atoms with Crippen LogP contribution in [0.1, 0.15) is 30.1 Å². The second-order valence-corrected chi connectivity index (χ2v) is 4.64. The zero-order chi connectivity index (χ0) is 14.7. The Bertz CT molecular complexity index is 703. The Morgan fingerprint density at radius 1 is 1.40 bits per heavy atom. The van der Waals surface area contributed by atoms with Gasteiger partial charge in [0.25, 0.3) is 0 Å². The summed E-state index contributed by atoms with van der Waals surface area (Å²) in [6.07, 6.45) is 3.28. The molecule has 2 aromatic rings. The molecule has 106 valence electrons. The number of aromatic carboxylic acids is 1. The molecule has 0 unspecified atom stereocenters. The van der Waals surface area contributed by atoms with Crippen molar-refractivity contribution in [3.05, 3.63) is 40.2 Å². The zero-order valence-corrected chi connectivity index (χ0v) is 11.5. The smallest absolute Gasteiger partial charge is 0.341 e. The summed E-state index contributed by atoms with van der Waals surface area (Å²) < 4.78 is 7.32. The van der Waals surface area contributed by atoms with Crippen LogP contribution in [0.5, 0.6) is 5.75 Å². The summed E-state index contributed by atoms with van der Waals surface area (Å²) in [7, 11) is 1.71. The summed E-state index contributed by atoms with van der Waals surface area (Å²) in [6, 6.07) is 5.12. The van der Waals surface area contributed by atoms with Gasteiger partial charge in [-0.05, 0) is 18.6 Å². The molecular formula is C15H17NO4. The molecule has 0 radical (unpaired) electrons. The molecule has 0 aliphatic carbocycles. The SMILES string of the molecule is CCCCOc1cccc2c(=O)c(C(=O)O)cn(C)c12. The van der Waals surface area contributed by atoms with Gasteiger partial charge in [0.05, 0.1) is 17.5 Å². The zero-order valence-electron chi connectivity index (χ0n) is 11.5. The first-order valence-electron chi connectivity index (χ1n) is 6.54. The Hall–Kier alpha value is -2.30. The molecule has 5 nitrogen and oxygen atoms in total. The lowest BCUT2D eigenvalue weighted by Gasteiger charge is -2.12. The molecular weight excluding hydrogens is 258 g/mol. The van der Waals surface area contributed by atoms with Gasteiger partial charge in [0.15, 0.2) is 0 Å². The van der Waals surface area contributed by atoms with E-state index in [-0.39, 0.29) is 5.56 Å². The van der Waals surface area contributed by atoms with E-state index in [0.717, 1.165) is 12.8 Å². The minimum atomic E-state index is -1.22. The first kappa shape index (κ1) is 14.1. The largest absolute Gasteiger partial charge is 0.491 e. The molecule has 0 bridgehead atoms. The third-order valence-corrected chi connectivity index (χ3v) is 3.15. The fourth-order valence-electron chi connectivity index (χ4n) is 2.13. The fraction of sp³-hybridized carbons (Fsp3) is 0.333. The van der Waals surface area contributed by atoms with E-state index >= 15 is 0 Å². The number of carboxylic acids is 1. The second-order valence-electron chi connectivity index (χ2n) is 4.64. The molecule has 0 spiro atoms. The Morgan fingerprint density at radius 2 is 2.15 bits per heavy atom. The summed E-state index contributed by atoms with van der Waals surface area (Å²) in [5, 5.41) is 9.41. The quantitative estimate of drug-likeness (QED) is 0.851. The number of aryl methyl sites for hydroxylation is 1. The average molecular weight is 275 g/mol. The van der Waals surface area contributed by atoms with Crippen LogP contribution in [-0.4, -0.2) is 22.2 Å². The highest BCUT2D eigenvalue weighted by atomic mass is 16.5. The Kier molecular flexibility index (Phi) is 4.08. The van der Waals surface area contributed by atoms with Crippen LogP contribution < -0.4 is 10.2 Å². The highest BCUT2D eigenvalue weighted by molar-refractivity contribution is 5.94. The molecule has 0 fully saturated rings. The number of para-hydroxylation sites is 1. The molecule has 2 rings (SSSR count). The van der Waals surface area contributed by atoms with Crippen LogP contribution in [0.25, 0.3) is 10.9 Å². The Labute approximate surface area is 116 Å². The van der Waals surface area contributed by atoms with E-state index in [1.54, 1.807) is 29.8 Å². The number of benzene rings is 1. The molecule has 0 saturated carbocycles. The van der Waals surface area contributed by atoms with E-state index in [2.05, 4.69) is 6.92 Å². The van der Waals surface area contributed by atoms with Crippen molar-refractivity contribution >= 4 is 16.9 Å². The van der Waals surface area contributed by atoms with Crippen LogP contribution in [0.2, 0.25) is 0 Å². The number of rotatable bonds is 5. The number of carbonyl (C=O) groups is 1. The molecule has 20 heavy (non-hydrogen) atoms. The monoisotopic (exact) mass is 275 g/mol. The van der Waals surface area contributed by atoms with Gasteiger partial charge in [0.1, 0.15) is 11.3 Å². The van der Waals surface area contributed by atoms with E-state index < -0.39 is 11.4 Å². The summed E-state index contributed by atoms with van der Waals surface area (Å²) >= 11 is 0. The maximum absolute atomic E-state index is 12.2. The molecule has 0 saturated heterocycles. The number of carboxylic acid groups (broad SMARTS) is 1. The number of nitrogens with zero attached hydrogens (tertiary/aromatic N) is 1. The number of aromatic nitrogens is 1. The molecule has 0 aliphatic rings. The topological polar surface area (TPSA) is 68.5 Å². The predicted octanol–water partition coefficient (Wildman–Crippen LogP) is 2.42. The van der Waals surface area contributed by atoms with Gasteiger partial charge in [-0.2, -0.15) is 0 Å². The number of unbranched alkanes of at least 4 members (excludes halogenated alkanes) is 1. The average Bonchev–Trinajstić information content (AvgIpc) is 2.42. The number of ether oxygens (including phenoxy) is 1. The maximum atomic E-state index is 12.2. The van der Waals surface area contributed by atoms with Crippen LogP contribution in [0, 0.1) is 0 Å². The molecule has 0 amide bonds. The van der Waals surface area contributed by atoms with Gasteiger partial charge >= 0.3 is 5.97 Å². The number of pyridine rings is 1. The van der Waals surface area contributed by atoms with Crippen molar-refractivity contribution in [2.24, 2.45) is 7.05 Å². The summed E-state index contributed by atoms with van der Waals surface area (Å²) in [5.74, 6) is -0.614. The van der Waals surface area contributed by atoms with Gasteiger partial charge < -0.3 is 14.4 Å². The van der Waals surface area contributed by atoms with Gasteiger partial charge in [0.2, 0.25) is 5.43 Å². The van der Waals surface area contributed by atoms with Gasteiger partial charge in [-0.15, -0.1) is 0 Å². The second kappa shape index (κ2) is 5.77. The van der Waals surface area contributed by atoms with Crippen LogP contribution in [-0.2, 0) is 7.05 Å². The van der Waals surface area contributed by atoms with Crippen molar-refractivity contribution in [3.8, 4) is 5.75 Å². The summed E-state index contributed by atoms with van der Waals surface area (Å²) in [4.78, 5) is 23.2. The third-order valence-electron chi connectivity index (χ3n) is 3.15. The van der Waals surface area contributed by atoms with E-state index in [9.17, 15) is 9.59 Å². The first-order chi connectivity index (χ1) is 9.56. The molecule has 0 aliphatic heterocycles. The van der Waals surface area contributed by atoms with Crippen LogP contribution in [0.3, 0.4) is 0 Å². The molecule has 1 N–H and O–H groups in total. The van der Waals surface area contributed by atoms with E-state index in [1.807, 2.05) is 0 Å². The summed E-state index contributed by atoms with van der Waals surface area (Å²) in [5.41, 5.74) is -0.0872. The van der Waals surface area contributed by atoms with E-state index in [0.29, 0.717) is 23.3 Å². The van der Waals surface area contributed by atoms with Crippen molar-refractivity contribution < 1.29 is 14.6 Å². The molecule has 1 heterocycles. The van der Waals surface area contributed by atoms with Gasteiger partial charge in [-0.1, -0.05) is 19.4 Å². The molecule has 0 atom stereocenters. The minimum Gasteiger partial charge on any atom is -0.491 e. The Balaban J connectivity index is 2.61. The number of hydrogen-bond acceptors (Lipinski definition) is 3. The van der Waals surface area contributed by atoms with Crippen LogP contribution >= 0.6 is 0 Å². The van der Waals surface area contributed by atoms with Crippen molar-refractivity contribution in [3.63, 3.8) is 0 Å². The molecule has 5 heteroatoms. The summed E-state index contributed by atoms with van der Waals surface area (Å²) in [6.45, 7) is 2.64. The lowest BCUT2D eigenvalue weighted by atomic mass is 10.1. The van der Waals surface area contributed by atoms with Crippen LogP contribution in [0.4, 0.5) is 0 Å². The Morgan fingerprint density at radius 3 is 2.80 bits per heavy atom. The number of hydrogen-bond donors (Lipinski definition) is 1. The number of fused-ring (bicyclic) bond motifs is 1. The minimum absolute atomic E-state index is 0.231. The lowest BCUT2D eigenvalue weighted by Crippen LogP contribution is -2.18. The van der Waals surface area contributed by atoms with Crippen molar-refractivity contribution in [2.75, 3.05) is 6.61 Å². The maximum Gasteiger partial charge on any atom is 0.341 e. The first-order valence-corrected chi connectivity index (χ1v) is 6.54. The van der Waals surface area contributed by atoms with Crippen molar-refractivity contribution in [1.29, 1.82) is 0 Å². The van der Waals surface area contributed by atoms with Gasteiger partial charge in [0, 0.05) is 13.2 Å². The van der Waals surface area contributed by atoms with Gasteiger partial charge in [-0.3, -0.25) is 4.79 Å². The van der Waals surface area contributed by atoms with E-state index in [4.69, 9.17) is 9.84 Å². The normalized spacial score (nSPS) is 10.7. The lowest BCUT2D eigenvalue weighted by molar-refractivity contribution is 0.0695. The van der Waals surface area contributed by atoms with Crippen LogP contribution in [0.15, 0.2) is 29.2 Å². The van der Waals surface area contributed by atoms with Gasteiger partial charge in [-0.25, -0.2) is 4.79 Å². The van der Waals surface area contributed by atoms with Crippen molar-refractivity contribution in [2.45, 2.75) is 19.8 Å². The van der Waals surface area contributed by atoms with E-state index in [1.165, 1.54) is 6.20 Å². The highest BCUT2D eigenvalue weighted by Gasteiger charge is 2.15. The fourth-order valence-corrected chi connectivity index (χ4v) is 2.13. The third kappa shape index (κ3) is 2.52. The molecule has 1 aromatic carbocycles. The highest BCUT2D eigenvalue weighted by Crippen LogP contribution is 2.23. The standard InChI is InChI=1S/C15H17NO4/c1-3-4-8-20-12-7-5-6-10-13(12)16(2)9-11(14(10)17)15(18)19/h5-7,9H,3-4,8H2,1-2H3,(H,18,19).